The van der Waals surface area contributed by atoms with Gasteiger partial charge in [0.15, 0.2) is 0 Å². The number of nitro benzene ring substituents is 1. The van der Waals surface area contributed by atoms with E-state index in [-0.39, 0.29) is 17.9 Å². The van der Waals surface area contributed by atoms with Gasteiger partial charge in [-0.05, 0) is 18.2 Å². The third kappa shape index (κ3) is 3.79. The van der Waals surface area contributed by atoms with E-state index in [1.165, 1.54) is 31.4 Å². The summed E-state index contributed by atoms with van der Waals surface area (Å²) in [5, 5.41) is 10.5. The fourth-order valence-corrected chi connectivity index (χ4v) is 1.81. The number of nitrogens with zero attached hydrogens (tertiary/aromatic N) is 1. The maximum atomic E-state index is 11.9. The third-order valence-corrected chi connectivity index (χ3v) is 2.81. The number of carbonyl (C=O) groups excluding carboxylic acids is 1. The summed E-state index contributed by atoms with van der Waals surface area (Å²) in [6, 6.07) is 12.5. The molecule has 0 aromatic heterocycles. The van der Waals surface area contributed by atoms with E-state index in [1.807, 2.05) is 6.07 Å². The van der Waals surface area contributed by atoms with E-state index < -0.39 is 10.9 Å². The van der Waals surface area contributed by atoms with Crippen molar-refractivity contribution in [3.63, 3.8) is 0 Å². The van der Waals surface area contributed by atoms with Crippen molar-refractivity contribution >= 4 is 11.7 Å². The van der Waals surface area contributed by atoms with E-state index in [1.54, 1.807) is 18.2 Å². The minimum atomic E-state index is -0.513. The zero-order chi connectivity index (χ0) is 15.2. The lowest BCUT2D eigenvalue weighted by atomic mass is 10.1. The minimum Gasteiger partial charge on any atom is -0.496 e. The molecule has 0 unspecified atom stereocenters. The second-order valence-corrected chi connectivity index (χ2v) is 4.21. The van der Waals surface area contributed by atoms with Gasteiger partial charge in [-0.15, -0.1) is 0 Å². The maximum absolute atomic E-state index is 11.9. The van der Waals surface area contributed by atoms with E-state index in [0.29, 0.717) is 11.3 Å². The molecule has 108 valence electrons. The number of hydrogen-bond acceptors (Lipinski definition) is 5. The maximum Gasteiger partial charge on any atom is 0.315 e. The molecule has 0 aliphatic heterocycles. The summed E-state index contributed by atoms with van der Waals surface area (Å²) in [5.74, 6) is 0.409. The first-order valence-corrected chi connectivity index (χ1v) is 6.17. The Kier molecular flexibility index (Phi) is 4.50. The first-order valence-electron chi connectivity index (χ1n) is 6.17. The van der Waals surface area contributed by atoms with Gasteiger partial charge in [-0.25, -0.2) is 0 Å². The molecule has 0 saturated carbocycles. The Morgan fingerprint density at radius 2 is 1.81 bits per heavy atom. The highest BCUT2D eigenvalue weighted by molar-refractivity contribution is 5.76. The predicted octanol–water partition coefficient (Wildman–Crippen LogP) is 2.75. The van der Waals surface area contributed by atoms with Gasteiger partial charge in [-0.1, -0.05) is 18.2 Å². The molecule has 2 rings (SSSR count). The number of nitro groups is 1. The van der Waals surface area contributed by atoms with Crippen molar-refractivity contribution in [3.8, 4) is 11.5 Å². The molecular formula is C15H13NO5. The lowest BCUT2D eigenvalue weighted by Crippen LogP contribution is -2.11. The van der Waals surface area contributed by atoms with Crippen molar-refractivity contribution < 1.29 is 19.2 Å². The SMILES string of the molecule is COc1ccccc1CC(=O)Oc1ccc([N+](=O)[O-])cc1. The number of benzene rings is 2. The highest BCUT2D eigenvalue weighted by Gasteiger charge is 2.11. The summed E-state index contributed by atoms with van der Waals surface area (Å²) in [6.45, 7) is 0. The number of carbonyl (C=O) groups is 1. The first-order chi connectivity index (χ1) is 10.1. The molecule has 2 aromatic carbocycles. The van der Waals surface area contributed by atoms with Crippen molar-refractivity contribution in [1.29, 1.82) is 0 Å². The van der Waals surface area contributed by atoms with E-state index in [4.69, 9.17) is 9.47 Å². The van der Waals surface area contributed by atoms with Gasteiger partial charge in [0.05, 0.1) is 18.5 Å². The van der Waals surface area contributed by atoms with Crippen molar-refractivity contribution in [2.75, 3.05) is 7.11 Å². The fraction of sp³-hybridized carbons (Fsp3) is 0.133. The van der Waals surface area contributed by atoms with Gasteiger partial charge in [0.1, 0.15) is 11.5 Å². The van der Waals surface area contributed by atoms with Gasteiger partial charge in [0, 0.05) is 17.7 Å². The molecule has 6 nitrogen and oxygen atoms in total. The zero-order valence-electron chi connectivity index (χ0n) is 11.3. The van der Waals surface area contributed by atoms with Crippen LogP contribution in [0.4, 0.5) is 5.69 Å². The second kappa shape index (κ2) is 6.51. The second-order valence-electron chi connectivity index (χ2n) is 4.21. The fourth-order valence-electron chi connectivity index (χ4n) is 1.81. The van der Waals surface area contributed by atoms with Gasteiger partial charge in [-0.3, -0.25) is 14.9 Å². The quantitative estimate of drug-likeness (QED) is 0.365. The van der Waals surface area contributed by atoms with Crippen molar-refractivity contribution in [2.24, 2.45) is 0 Å². The van der Waals surface area contributed by atoms with E-state index in [2.05, 4.69) is 0 Å². The monoisotopic (exact) mass is 287 g/mol. The number of hydrogen-bond donors (Lipinski definition) is 0. The molecule has 0 N–H and O–H groups in total. The third-order valence-electron chi connectivity index (χ3n) is 2.81. The Bertz CT molecular complexity index is 651. The average Bonchev–Trinajstić information content (AvgIpc) is 2.48. The highest BCUT2D eigenvalue weighted by atomic mass is 16.6. The topological polar surface area (TPSA) is 78.7 Å². The molecule has 2 aromatic rings. The molecule has 6 heteroatoms. The Balaban J connectivity index is 2.03. The van der Waals surface area contributed by atoms with Crippen LogP contribution in [0, 0.1) is 10.1 Å². The molecule has 0 saturated heterocycles. The van der Waals surface area contributed by atoms with E-state index >= 15 is 0 Å². The smallest absolute Gasteiger partial charge is 0.315 e. The van der Waals surface area contributed by atoms with Crippen LogP contribution >= 0.6 is 0 Å². The van der Waals surface area contributed by atoms with Gasteiger partial charge >= 0.3 is 5.97 Å². The van der Waals surface area contributed by atoms with Crippen molar-refractivity contribution in [2.45, 2.75) is 6.42 Å². The molecule has 0 fully saturated rings. The van der Waals surface area contributed by atoms with Crippen LogP contribution in [0.5, 0.6) is 11.5 Å². The van der Waals surface area contributed by atoms with Crippen LogP contribution in [-0.2, 0) is 11.2 Å². The van der Waals surface area contributed by atoms with Crippen LogP contribution in [0.3, 0.4) is 0 Å². The predicted molar refractivity (Wildman–Crippen MR) is 75.4 cm³/mol. The number of non-ortho nitro benzene ring substituents is 1. The average molecular weight is 287 g/mol. The summed E-state index contributed by atoms with van der Waals surface area (Å²) in [7, 11) is 1.53. The van der Waals surface area contributed by atoms with Crippen LogP contribution in [0.2, 0.25) is 0 Å². The Hall–Kier alpha value is -2.89. The normalized spacial score (nSPS) is 9.95. The van der Waals surface area contributed by atoms with Crippen LogP contribution < -0.4 is 9.47 Å². The largest absolute Gasteiger partial charge is 0.496 e. The van der Waals surface area contributed by atoms with Gasteiger partial charge in [0.2, 0.25) is 0 Å². The standard InChI is InChI=1S/C15H13NO5/c1-20-14-5-3-2-4-11(14)10-15(17)21-13-8-6-12(7-9-13)16(18)19/h2-9H,10H2,1H3. The Labute approximate surface area is 121 Å². The lowest BCUT2D eigenvalue weighted by Gasteiger charge is -2.08. The van der Waals surface area contributed by atoms with Crippen LogP contribution in [-0.4, -0.2) is 18.0 Å². The molecule has 0 spiro atoms. The molecule has 21 heavy (non-hydrogen) atoms. The number of rotatable bonds is 5. The van der Waals surface area contributed by atoms with Crippen LogP contribution in [0.25, 0.3) is 0 Å². The molecule has 0 aliphatic rings. The molecule has 0 atom stereocenters. The highest BCUT2D eigenvalue weighted by Crippen LogP contribution is 2.20. The molecule has 0 bridgehead atoms. The zero-order valence-corrected chi connectivity index (χ0v) is 11.3. The number of ether oxygens (including phenoxy) is 2. The molecule has 0 radical (unpaired) electrons. The van der Waals surface area contributed by atoms with Gasteiger partial charge < -0.3 is 9.47 Å². The van der Waals surface area contributed by atoms with E-state index in [9.17, 15) is 14.9 Å². The number of methoxy groups -OCH3 is 1. The number of para-hydroxylation sites is 1. The van der Waals surface area contributed by atoms with E-state index in [0.717, 1.165) is 0 Å². The van der Waals surface area contributed by atoms with Crippen LogP contribution in [0.15, 0.2) is 48.5 Å². The summed E-state index contributed by atoms with van der Waals surface area (Å²) < 4.78 is 10.3. The summed E-state index contributed by atoms with van der Waals surface area (Å²) in [6.07, 6.45) is 0.0565. The summed E-state index contributed by atoms with van der Waals surface area (Å²) in [5.41, 5.74) is 0.659. The molecule has 0 heterocycles. The van der Waals surface area contributed by atoms with Crippen molar-refractivity contribution in [3.05, 3.63) is 64.2 Å². The Morgan fingerprint density at radius 3 is 2.43 bits per heavy atom. The summed E-state index contributed by atoms with van der Waals surface area (Å²) in [4.78, 5) is 21.9. The molecule has 0 aliphatic carbocycles. The Morgan fingerprint density at radius 1 is 1.14 bits per heavy atom. The van der Waals surface area contributed by atoms with Crippen molar-refractivity contribution in [1.82, 2.24) is 0 Å². The van der Waals surface area contributed by atoms with Crippen LogP contribution in [0.1, 0.15) is 5.56 Å². The number of esters is 1. The summed E-state index contributed by atoms with van der Waals surface area (Å²) >= 11 is 0. The first kappa shape index (κ1) is 14.5. The van der Waals surface area contributed by atoms with Gasteiger partial charge in [0.25, 0.3) is 5.69 Å². The molecular weight excluding hydrogens is 274 g/mol. The van der Waals surface area contributed by atoms with Gasteiger partial charge in [-0.2, -0.15) is 0 Å². The minimum absolute atomic E-state index is 0.0560. The lowest BCUT2D eigenvalue weighted by molar-refractivity contribution is -0.384. The molecule has 0 amide bonds.